The van der Waals surface area contributed by atoms with E-state index in [0.717, 1.165) is 18.4 Å². The second-order valence-electron chi connectivity index (χ2n) is 5.04. The molecule has 6 nitrogen and oxygen atoms in total. The third-order valence-corrected chi connectivity index (χ3v) is 3.28. The van der Waals surface area contributed by atoms with Gasteiger partial charge in [-0.1, -0.05) is 18.2 Å². The molecule has 6 heteroatoms. The highest BCUT2D eigenvalue weighted by molar-refractivity contribution is 5.94. The van der Waals surface area contributed by atoms with Gasteiger partial charge in [-0.05, 0) is 30.5 Å². The van der Waals surface area contributed by atoms with Crippen LogP contribution in [-0.2, 0) is 16.1 Å². The third kappa shape index (κ3) is 4.89. The molecule has 1 heterocycles. The molecule has 1 unspecified atom stereocenters. The Labute approximate surface area is 129 Å². The summed E-state index contributed by atoms with van der Waals surface area (Å²) in [5, 5.41) is 8.21. The lowest BCUT2D eigenvalue weighted by atomic mass is 10.2. The number of hydrogen-bond donors (Lipinski definition) is 3. The van der Waals surface area contributed by atoms with Crippen molar-refractivity contribution >= 4 is 17.6 Å². The number of anilines is 1. The Morgan fingerprint density at radius 3 is 2.95 bits per heavy atom. The number of carbonyl (C=O) groups excluding carboxylic acids is 2. The van der Waals surface area contributed by atoms with Crippen LogP contribution in [-0.4, -0.2) is 31.2 Å². The van der Waals surface area contributed by atoms with Gasteiger partial charge in [0.2, 0.25) is 0 Å². The molecule has 1 atom stereocenters. The lowest BCUT2D eigenvalue weighted by molar-refractivity contribution is -0.124. The van der Waals surface area contributed by atoms with Crippen LogP contribution in [0, 0.1) is 0 Å². The van der Waals surface area contributed by atoms with Crippen molar-refractivity contribution in [3.05, 3.63) is 42.5 Å². The van der Waals surface area contributed by atoms with E-state index < -0.39 is 0 Å². The summed E-state index contributed by atoms with van der Waals surface area (Å²) < 4.78 is 5.35. The predicted molar refractivity (Wildman–Crippen MR) is 84.5 cm³/mol. The number of amides is 3. The smallest absolute Gasteiger partial charge is 0.315 e. The highest BCUT2D eigenvalue weighted by Crippen LogP contribution is 2.16. The van der Waals surface area contributed by atoms with Gasteiger partial charge in [-0.25, -0.2) is 4.79 Å². The molecule has 1 aromatic carbocycles. The van der Waals surface area contributed by atoms with Crippen molar-refractivity contribution in [2.24, 2.45) is 0 Å². The fourth-order valence-corrected chi connectivity index (χ4v) is 2.18. The minimum Gasteiger partial charge on any atom is -0.368 e. The zero-order valence-corrected chi connectivity index (χ0v) is 12.4. The van der Waals surface area contributed by atoms with E-state index in [4.69, 9.17) is 4.74 Å². The summed E-state index contributed by atoms with van der Waals surface area (Å²) in [4.78, 5) is 23.4. The number of nitrogens with one attached hydrogen (secondary N) is 3. The van der Waals surface area contributed by atoms with Gasteiger partial charge in [-0.15, -0.1) is 6.58 Å². The topological polar surface area (TPSA) is 79.5 Å². The SMILES string of the molecule is C=CCNC(=O)NCc1cccc(NC(=O)C2CCCO2)c1. The summed E-state index contributed by atoms with van der Waals surface area (Å²) in [5.74, 6) is -0.119. The molecule has 0 spiro atoms. The first-order valence-corrected chi connectivity index (χ1v) is 7.33. The Balaban J connectivity index is 1.85. The van der Waals surface area contributed by atoms with Crippen LogP contribution in [0.4, 0.5) is 10.5 Å². The van der Waals surface area contributed by atoms with E-state index >= 15 is 0 Å². The summed E-state index contributed by atoms with van der Waals surface area (Å²) in [6, 6.07) is 7.11. The van der Waals surface area contributed by atoms with Gasteiger partial charge in [-0.3, -0.25) is 4.79 Å². The van der Waals surface area contributed by atoms with Crippen molar-refractivity contribution in [2.45, 2.75) is 25.5 Å². The molecule has 1 saturated heterocycles. The fourth-order valence-electron chi connectivity index (χ4n) is 2.18. The minimum absolute atomic E-state index is 0.119. The normalized spacial score (nSPS) is 16.8. The van der Waals surface area contributed by atoms with Crippen LogP contribution in [0.15, 0.2) is 36.9 Å². The van der Waals surface area contributed by atoms with Gasteiger partial charge in [0, 0.05) is 25.4 Å². The average Bonchev–Trinajstić information content (AvgIpc) is 3.06. The Hall–Kier alpha value is -2.34. The first-order chi connectivity index (χ1) is 10.7. The van der Waals surface area contributed by atoms with E-state index in [1.165, 1.54) is 0 Å². The van der Waals surface area contributed by atoms with Gasteiger partial charge in [0.25, 0.3) is 5.91 Å². The number of urea groups is 1. The van der Waals surface area contributed by atoms with Crippen molar-refractivity contribution in [3.8, 4) is 0 Å². The zero-order chi connectivity index (χ0) is 15.8. The van der Waals surface area contributed by atoms with Gasteiger partial charge in [0.15, 0.2) is 0 Å². The fraction of sp³-hybridized carbons (Fsp3) is 0.375. The maximum absolute atomic E-state index is 12.0. The van der Waals surface area contributed by atoms with Crippen LogP contribution in [0.5, 0.6) is 0 Å². The third-order valence-electron chi connectivity index (χ3n) is 3.28. The van der Waals surface area contributed by atoms with Crippen LogP contribution in [0.2, 0.25) is 0 Å². The van der Waals surface area contributed by atoms with Crippen LogP contribution in [0.3, 0.4) is 0 Å². The molecule has 0 bridgehead atoms. The van der Waals surface area contributed by atoms with E-state index in [1.807, 2.05) is 24.3 Å². The molecule has 3 amide bonds. The number of benzene rings is 1. The first-order valence-electron chi connectivity index (χ1n) is 7.33. The van der Waals surface area contributed by atoms with Gasteiger partial charge < -0.3 is 20.7 Å². The van der Waals surface area contributed by atoms with E-state index in [0.29, 0.717) is 25.4 Å². The summed E-state index contributed by atoms with van der Waals surface area (Å²) in [6.07, 6.45) is 2.94. The van der Waals surface area contributed by atoms with Crippen LogP contribution in [0.25, 0.3) is 0 Å². The molecule has 1 fully saturated rings. The number of ether oxygens (including phenoxy) is 1. The summed E-state index contributed by atoms with van der Waals surface area (Å²) >= 11 is 0. The van der Waals surface area contributed by atoms with Crippen LogP contribution < -0.4 is 16.0 Å². The highest BCUT2D eigenvalue weighted by Gasteiger charge is 2.23. The zero-order valence-electron chi connectivity index (χ0n) is 12.4. The molecule has 1 aliphatic heterocycles. The molecule has 0 saturated carbocycles. The quantitative estimate of drug-likeness (QED) is 0.701. The maximum atomic E-state index is 12.0. The summed E-state index contributed by atoms with van der Waals surface area (Å²) in [5.41, 5.74) is 1.60. The second-order valence-corrected chi connectivity index (χ2v) is 5.04. The van der Waals surface area contributed by atoms with Crippen molar-refractivity contribution in [3.63, 3.8) is 0 Å². The molecule has 1 aliphatic rings. The van der Waals surface area contributed by atoms with E-state index in [1.54, 1.807) is 6.08 Å². The first kappa shape index (κ1) is 16.0. The van der Waals surface area contributed by atoms with Crippen molar-refractivity contribution in [1.29, 1.82) is 0 Å². The van der Waals surface area contributed by atoms with E-state index in [9.17, 15) is 9.59 Å². The Morgan fingerprint density at radius 1 is 1.36 bits per heavy atom. The lowest BCUT2D eigenvalue weighted by Crippen LogP contribution is -2.35. The Kier molecular flexibility index (Phi) is 5.97. The van der Waals surface area contributed by atoms with Gasteiger partial charge in [0.1, 0.15) is 6.10 Å². The average molecular weight is 303 g/mol. The number of rotatable bonds is 6. The molecule has 0 aromatic heterocycles. The van der Waals surface area contributed by atoms with Gasteiger partial charge >= 0.3 is 6.03 Å². The van der Waals surface area contributed by atoms with Crippen LogP contribution >= 0.6 is 0 Å². The lowest BCUT2D eigenvalue weighted by Gasteiger charge is -2.12. The molecule has 1 aromatic rings. The summed E-state index contributed by atoms with van der Waals surface area (Å²) in [6.45, 7) is 4.97. The standard InChI is InChI=1S/C16H21N3O3/c1-2-8-17-16(21)18-11-12-5-3-6-13(10-12)19-15(20)14-7-4-9-22-14/h2-3,5-6,10,14H,1,4,7-9,11H2,(H,19,20)(H2,17,18,21). The monoisotopic (exact) mass is 303 g/mol. The summed E-state index contributed by atoms with van der Waals surface area (Å²) in [7, 11) is 0. The largest absolute Gasteiger partial charge is 0.368 e. The molecule has 0 aliphatic carbocycles. The van der Waals surface area contributed by atoms with Gasteiger partial charge in [-0.2, -0.15) is 0 Å². The van der Waals surface area contributed by atoms with E-state index in [2.05, 4.69) is 22.5 Å². The highest BCUT2D eigenvalue weighted by atomic mass is 16.5. The Morgan fingerprint density at radius 2 is 2.23 bits per heavy atom. The van der Waals surface area contributed by atoms with Crippen molar-refractivity contribution in [1.82, 2.24) is 10.6 Å². The predicted octanol–water partition coefficient (Wildman–Crippen LogP) is 1.79. The molecular weight excluding hydrogens is 282 g/mol. The number of carbonyl (C=O) groups is 2. The molecule has 22 heavy (non-hydrogen) atoms. The van der Waals surface area contributed by atoms with Crippen molar-refractivity contribution in [2.75, 3.05) is 18.5 Å². The second kappa shape index (κ2) is 8.19. The van der Waals surface area contributed by atoms with Crippen molar-refractivity contribution < 1.29 is 14.3 Å². The maximum Gasteiger partial charge on any atom is 0.315 e. The molecule has 2 rings (SSSR count). The van der Waals surface area contributed by atoms with E-state index in [-0.39, 0.29) is 18.0 Å². The molecular formula is C16H21N3O3. The number of hydrogen-bond acceptors (Lipinski definition) is 3. The molecule has 0 radical (unpaired) electrons. The molecule has 118 valence electrons. The minimum atomic E-state index is -0.355. The van der Waals surface area contributed by atoms with Gasteiger partial charge in [0.05, 0.1) is 0 Å². The molecule has 3 N–H and O–H groups in total. The van der Waals surface area contributed by atoms with Crippen LogP contribution in [0.1, 0.15) is 18.4 Å². The Bertz CT molecular complexity index is 539.